The summed E-state index contributed by atoms with van der Waals surface area (Å²) >= 11 is 0. The maximum atomic E-state index is 11.8. The van der Waals surface area contributed by atoms with Crippen LogP contribution in [0.5, 0.6) is 0 Å². The van der Waals surface area contributed by atoms with Crippen LogP contribution in [0.2, 0.25) is 0 Å². The zero-order valence-corrected chi connectivity index (χ0v) is 10.6. The van der Waals surface area contributed by atoms with Crippen molar-refractivity contribution in [3.8, 4) is 0 Å². The van der Waals surface area contributed by atoms with E-state index in [-0.39, 0.29) is 17.7 Å². The van der Waals surface area contributed by atoms with E-state index < -0.39 is 12.0 Å². The van der Waals surface area contributed by atoms with Gasteiger partial charge in [-0.3, -0.25) is 4.79 Å². The first-order valence-electron chi connectivity index (χ1n) is 5.97. The van der Waals surface area contributed by atoms with Gasteiger partial charge in [-0.25, -0.2) is 4.79 Å². The molecule has 2 N–H and O–H groups in total. The minimum absolute atomic E-state index is 0.135. The Morgan fingerprint density at radius 1 is 1.25 bits per heavy atom. The second-order valence-corrected chi connectivity index (χ2v) is 4.36. The predicted molar refractivity (Wildman–Crippen MR) is 63.1 cm³/mol. The largest absolute Gasteiger partial charge is 0.480 e. The molecule has 1 amide bonds. The van der Waals surface area contributed by atoms with Gasteiger partial charge in [-0.05, 0) is 12.3 Å². The van der Waals surface area contributed by atoms with Crippen LogP contribution in [-0.4, -0.2) is 23.0 Å². The average molecular weight is 229 g/mol. The number of aliphatic carboxylic acids is 1. The number of rotatable bonds is 7. The Morgan fingerprint density at radius 2 is 1.81 bits per heavy atom. The summed E-state index contributed by atoms with van der Waals surface area (Å²) in [6.07, 6.45) is 2.14. The van der Waals surface area contributed by atoms with E-state index in [1.54, 1.807) is 0 Å². The van der Waals surface area contributed by atoms with Gasteiger partial charge in [0.25, 0.3) is 0 Å². The van der Waals surface area contributed by atoms with Crippen LogP contribution in [0.15, 0.2) is 0 Å². The lowest BCUT2D eigenvalue weighted by Crippen LogP contribution is -2.44. The molecule has 94 valence electrons. The lowest BCUT2D eigenvalue weighted by atomic mass is 9.92. The number of carbonyl (C=O) groups is 2. The molecule has 0 bridgehead atoms. The Labute approximate surface area is 97.4 Å². The highest BCUT2D eigenvalue weighted by atomic mass is 16.4. The molecular formula is C12H23NO3. The number of carbonyl (C=O) groups excluding carboxylic acids is 1. The second kappa shape index (κ2) is 7.25. The summed E-state index contributed by atoms with van der Waals surface area (Å²) in [7, 11) is 0. The summed E-state index contributed by atoms with van der Waals surface area (Å²) in [6, 6.07) is -0.746. The van der Waals surface area contributed by atoms with Crippen molar-refractivity contribution in [3.05, 3.63) is 0 Å². The molecule has 4 heteroatoms. The van der Waals surface area contributed by atoms with Crippen molar-refractivity contribution in [2.75, 3.05) is 0 Å². The summed E-state index contributed by atoms with van der Waals surface area (Å²) in [6.45, 7) is 7.77. The first-order valence-corrected chi connectivity index (χ1v) is 5.97. The molecule has 0 aliphatic heterocycles. The molecule has 3 unspecified atom stereocenters. The molecular weight excluding hydrogens is 206 g/mol. The van der Waals surface area contributed by atoms with E-state index in [4.69, 9.17) is 5.11 Å². The molecule has 4 nitrogen and oxygen atoms in total. The summed E-state index contributed by atoms with van der Waals surface area (Å²) in [5, 5.41) is 11.5. The van der Waals surface area contributed by atoms with E-state index in [0.717, 1.165) is 12.8 Å². The Morgan fingerprint density at radius 3 is 2.19 bits per heavy atom. The van der Waals surface area contributed by atoms with Crippen molar-refractivity contribution in [2.45, 2.75) is 53.0 Å². The van der Waals surface area contributed by atoms with Crippen molar-refractivity contribution in [3.63, 3.8) is 0 Å². The molecule has 0 aliphatic rings. The van der Waals surface area contributed by atoms with Crippen LogP contribution in [0.4, 0.5) is 0 Å². The van der Waals surface area contributed by atoms with E-state index in [2.05, 4.69) is 5.32 Å². The topological polar surface area (TPSA) is 66.4 Å². The van der Waals surface area contributed by atoms with Crippen molar-refractivity contribution < 1.29 is 14.7 Å². The molecule has 3 atom stereocenters. The Hall–Kier alpha value is -1.06. The molecule has 16 heavy (non-hydrogen) atoms. The zero-order chi connectivity index (χ0) is 12.7. The SMILES string of the molecule is CCCC(NC(=O)C(C)C(C)CC)C(=O)O. The van der Waals surface area contributed by atoms with Gasteiger partial charge in [0.2, 0.25) is 5.91 Å². The zero-order valence-electron chi connectivity index (χ0n) is 10.6. The summed E-state index contributed by atoms with van der Waals surface area (Å²) in [5.74, 6) is -0.971. The van der Waals surface area contributed by atoms with Crippen LogP contribution in [0.3, 0.4) is 0 Å². The molecule has 0 aromatic rings. The smallest absolute Gasteiger partial charge is 0.326 e. The van der Waals surface area contributed by atoms with Gasteiger partial charge in [0, 0.05) is 5.92 Å². The van der Waals surface area contributed by atoms with Crippen LogP contribution < -0.4 is 5.32 Å². The monoisotopic (exact) mass is 229 g/mol. The van der Waals surface area contributed by atoms with Gasteiger partial charge in [-0.1, -0.05) is 40.5 Å². The van der Waals surface area contributed by atoms with Gasteiger partial charge in [0.05, 0.1) is 0 Å². The fourth-order valence-electron chi connectivity index (χ4n) is 1.46. The van der Waals surface area contributed by atoms with E-state index in [1.807, 2.05) is 27.7 Å². The maximum Gasteiger partial charge on any atom is 0.326 e. The lowest BCUT2D eigenvalue weighted by Gasteiger charge is -2.20. The van der Waals surface area contributed by atoms with Crippen LogP contribution in [0, 0.1) is 11.8 Å². The van der Waals surface area contributed by atoms with Gasteiger partial charge in [0.1, 0.15) is 6.04 Å². The van der Waals surface area contributed by atoms with Crippen LogP contribution in [0.25, 0.3) is 0 Å². The molecule has 0 saturated heterocycles. The molecule has 0 rings (SSSR count). The van der Waals surface area contributed by atoms with Gasteiger partial charge < -0.3 is 10.4 Å². The maximum absolute atomic E-state index is 11.8. The third-order valence-electron chi connectivity index (χ3n) is 3.10. The number of carboxylic acid groups (broad SMARTS) is 1. The highest BCUT2D eigenvalue weighted by Crippen LogP contribution is 2.14. The first-order chi connectivity index (χ1) is 7.43. The van der Waals surface area contributed by atoms with Gasteiger partial charge in [0.15, 0.2) is 0 Å². The summed E-state index contributed by atoms with van der Waals surface area (Å²) in [4.78, 5) is 22.6. The lowest BCUT2D eigenvalue weighted by molar-refractivity contribution is -0.142. The quantitative estimate of drug-likeness (QED) is 0.702. The number of nitrogens with one attached hydrogen (secondary N) is 1. The first kappa shape index (κ1) is 14.9. The second-order valence-electron chi connectivity index (χ2n) is 4.36. The van der Waals surface area contributed by atoms with Crippen molar-refractivity contribution in [1.29, 1.82) is 0 Å². The van der Waals surface area contributed by atoms with E-state index in [1.165, 1.54) is 0 Å². The summed E-state index contributed by atoms with van der Waals surface area (Å²) in [5.41, 5.74) is 0. The molecule has 0 radical (unpaired) electrons. The van der Waals surface area contributed by atoms with E-state index >= 15 is 0 Å². The molecule has 0 fully saturated rings. The van der Waals surface area contributed by atoms with Gasteiger partial charge >= 0.3 is 5.97 Å². The number of amides is 1. The number of hydrogen-bond donors (Lipinski definition) is 2. The van der Waals surface area contributed by atoms with Crippen molar-refractivity contribution in [2.24, 2.45) is 11.8 Å². The third-order valence-corrected chi connectivity index (χ3v) is 3.10. The molecule has 0 spiro atoms. The average Bonchev–Trinajstić information content (AvgIpc) is 2.25. The van der Waals surface area contributed by atoms with Crippen molar-refractivity contribution in [1.82, 2.24) is 5.32 Å². The molecule has 0 aliphatic carbocycles. The molecule has 0 saturated carbocycles. The van der Waals surface area contributed by atoms with Crippen LogP contribution in [-0.2, 0) is 9.59 Å². The Balaban J connectivity index is 4.34. The Kier molecular flexibility index (Phi) is 6.77. The summed E-state index contributed by atoms with van der Waals surface area (Å²) < 4.78 is 0. The number of hydrogen-bond acceptors (Lipinski definition) is 2. The van der Waals surface area contributed by atoms with Gasteiger partial charge in [-0.15, -0.1) is 0 Å². The fourth-order valence-corrected chi connectivity index (χ4v) is 1.46. The van der Waals surface area contributed by atoms with E-state index in [9.17, 15) is 9.59 Å². The van der Waals surface area contributed by atoms with E-state index in [0.29, 0.717) is 6.42 Å². The number of carboxylic acids is 1. The fraction of sp³-hybridized carbons (Fsp3) is 0.833. The highest BCUT2D eigenvalue weighted by molar-refractivity contribution is 5.84. The molecule has 0 aromatic carbocycles. The molecule has 0 aromatic heterocycles. The highest BCUT2D eigenvalue weighted by Gasteiger charge is 2.24. The Bertz CT molecular complexity index is 240. The third kappa shape index (κ3) is 4.64. The normalized spacial score (nSPS) is 16.2. The minimum Gasteiger partial charge on any atom is -0.480 e. The van der Waals surface area contributed by atoms with Crippen LogP contribution >= 0.6 is 0 Å². The standard InChI is InChI=1S/C12H23NO3/c1-5-7-10(12(15)16)13-11(14)9(4)8(3)6-2/h8-10H,5-7H2,1-4H3,(H,13,14)(H,15,16). The van der Waals surface area contributed by atoms with Gasteiger partial charge in [-0.2, -0.15) is 0 Å². The van der Waals surface area contributed by atoms with Crippen LogP contribution in [0.1, 0.15) is 47.0 Å². The van der Waals surface area contributed by atoms with Crippen molar-refractivity contribution >= 4 is 11.9 Å². The minimum atomic E-state index is -0.952. The predicted octanol–water partition coefficient (Wildman–Crippen LogP) is 2.04. The molecule has 0 heterocycles.